The number of hydrogen-bond acceptors (Lipinski definition) is 7. The second-order valence-electron chi connectivity index (χ2n) is 10.9. The monoisotopic (exact) mass is 592 g/mol. The first kappa shape index (κ1) is 28.2. The van der Waals surface area contributed by atoms with Gasteiger partial charge in [0.05, 0.1) is 39.3 Å². The molecule has 5 rings (SSSR count). The van der Waals surface area contributed by atoms with Crippen molar-refractivity contribution >= 4 is 44.3 Å². The predicted octanol–water partition coefficient (Wildman–Crippen LogP) is 5.71. The quantitative estimate of drug-likeness (QED) is 0.293. The van der Waals surface area contributed by atoms with E-state index in [4.69, 9.17) is 11.6 Å². The molecule has 0 saturated carbocycles. The highest BCUT2D eigenvalue weighted by Crippen LogP contribution is 2.39. The van der Waals surface area contributed by atoms with Crippen molar-refractivity contribution in [1.82, 2.24) is 19.2 Å². The van der Waals surface area contributed by atoms with E-state index < -0.39 is 21.8 Å². The van der Waals surface area contributed by atoms with Crippen LogP contribution in [0.25, 0.3) is 10.9 Å². The number of alkyl halides is 2. The second kappa shape index (κ2) is 9.91. The van der Waals surface area contributed by atoms with Crippen LogP contribution in [0.1, 0.15) is 33.3 Å². The third-order valence-corrected chi connectivity index (χ3v) is 8.95. The van der Waals surface area contributed by atoms with E-state index in [1.165, 1.54) is 0 Å². The van der Waals surface area contributed by atoms with E-state index >= 15 is 0 Å². The van der Waals surface area contributed by atoms with Crippen LogP contribution < -0.4 is 9.80 Å². The summed E-state index contributed by atoms with van der Waals surface area (Å²) in [5.41, 5.74) is -0.336. The summed E-state index contributed by atoms with van der Waals surface area (Å²) in [4.78, 5) is 12.1. The minimum Gasteiger partial charge on any atom is -0.347 e. The van der Waals surface area contributed by atoms with E-state index in [1.807, 2.05) is 9.80 Å². The lowest BCUT2D eigenvalue weighted by Gasteiger charge is -2.47. The molecule has 3 heterocycles. The molecule has 1 aliphatic rings. The van der Waals surface area contributed by atoms with E-state index in [-0.39, 0.29) is 27.4 Å². The molecule has 1 atom stereocenters. The maximum absolute atomic E-state index is 13.8. The average molecular weight is 593 g/mol. The molecule has 0 amide bonds. The van der Waals surface area contributed by atoms with Gasteiger partial charge in [-0.25, -0.2) is 23.1 Å². The molecule has 212 valence electrons. The SMILES string of the molecule is CC(F)(F)c1ccc(S(=O)(=O)n2nc(N3CCN(c4ncc(F)cn4)CC3C(C)(C)C)c3c(Cl)cccc32)cc1. The molecule has 1 fully saturated rings. The summed E-state index contributed by atoms with van der Waals surface area (Å²) in [6, 6.07) is 9.22. The summed E-state index contributed by atoms with van der Waals surface area (Å²) in [6.07, 6.45) is 2.24. The standard InChI is InChI=1S/C27H28ClF3N6O2S/c1-26(2,3)22-16-35(25-32-14-18(29)15-33-25)12-13-36(22)24-23-20(28)6-5-7-21(23)37(34-24)40(38,39)19-10-8-17(9-11-19)27(4,30)31/h5-11,14-15,22H,12-13,16H2,1-4H3. The zero-order valence-electron chi connectivity index (χ0n) is 22.3. The minimum absolute atomic E-state index is 0.179. The number of nitrogens with zero attached hydrogens (tertiary/aromatic N) is 6. The Morgan fingerprint density at radius 3 is 2.23 bits per heavy atom. The van der Waals surface area contributed by atoms with Crippen molar-refractivity contribution in [2.45, 2.75) is 44.6 Å². The Balaban J connectivity index is 1.60. The number of fused-ring (bicyclic) bond motifs is 1. The Hall–Kier alpha value is -3.38. The molecule has 2 aromatic heterocycles. The van der Waals surface area contributed by atoms with Crippen LogP contribution in [-0.4, -0.2) is 53.2 Å². The number of rotatable bonds is 5. The third-order valence-electron chi connectivity index (χ3n) is 7.04. The summed E-state index contributed by atoms with van der Waals surface area (Å²) >= 11 is 6.64. The maximum Gasteiger partial charge on any atom is 0.283 e. The summed E-state index contributed by atoms with van der Waals surface area (Å²) in [5, 5.41) is 5.38. The molecule has 0 bridgehead atoms. The van der Waals surface area contributed by atoms with Gasteiger partial charge in [0.25, 0.3) is 15.9 Å². The van der Waals surface area contributed by atoms with Gasteiger partial charge in [-0.05, 0) is 29.7 Å². The van der Waals surface area contributed by atoms with Crippen LogP contribution >= 0.6 is 11.6 Å². The van der Waals surface area contributed by atoms with Gasteiger partial charge in [0.15, 0.2) is 11.6 Å². The van der Waals surface area contributed by atoms with Crippen LogP contribution in [-0.2, 0) is 15.9 Å². The Bertz CT molecular complexity index is 1650. The average Bonchev–Trinajstić information content (AvgIpc) is 3.30. The first-order valence-corrected chi connectivity index (χ1v) is 14.4. The smallest absolute Gasteiger partial charge is 0.283 e. The molecule has 1 unspecified atom stereocenters. The van der Waals surface area contributed by atoms with Gasteiger partial charge in [0.1, 0.15) is 0 Å². The molecule has 1 saturated heterocycles. The van der Waals surface area contributed by atoms with E-state index in [1.54, 1.807) is 18.2 Å². The number of benzene rings is 2. The lowest BCUT2D eigenvalue weighted by atomic mass is 9.84. The Morgan fingerprint density at radius 2 is 1.62 bits per heavy atom. The molecule has 2 aromatic carbocycles. The molecule has 0 radical (unpaired) electrons. The highest BCUT2D eigenvalue weighted by molar-refractivity contribution is 7.90. The van der Waals surface area contributed by atoms with Crippen LogP contribution in [0.4, 0.5) is 24.9 Å². The number of anilines is 2. The summed E-state index contributed by atoms with van der Waals surface area (Å²) in [6.45, 7) is 8.29. The lowest BCUT2D eigenvalue weighted by Crippen LogP contribution is -2.59. The van der Waals surface area contributed by atoms with Gasteiger partial charge in [0.2, 0.25) is 5.95 Å². The molecule has 4 aromatic rings. The maximum atomic E-state index is 13.8. The molecule has 40 heavy (non-hydrogen) atoms. The largest absolute Gasteiger partial charge is 0.347 e. The molecule has 0 aliphatic carbocycles. The van der Waals surface area contributed by atoms with Crippen LogP contribution in [0.3, 0.4) is 0 Å². The van der Waals surface area contributed by atoms with Gasteiger partial charge in [0, 0.05) is 32.1 Å². The zero-order valence-corrected chi connectivity index (χ0v) is 23.9. The molecule has 13 heteroatoms. The fraction of sp³-hybridized carbons (Fsp3) is 0.370. The van der Waals surface area contributed by atoms with E-state index in [2.05, 4.69) is 35.8 Å². The number of halogens is 4. The topological polar surface area (TPSA) is 84.2 Å². The van der Waals surface area contributed by atoms with E-state index in [0.29, 0.717) is 41.8 Å². The van der Waals surface area contributed by atoms with Crippen molar-refractivity contribution in [2.24, 2.45) is 5.41 Å². The summed E-state index contributed by atoms with van der Waals surface area (Å²) < 4.78 is 69.3. The predicted molar refractivity (Wildman–Crippen MR) is 148 cm³/mol. The summed E-state index contributed by atoms with van der Waals surface area (Å²) in [5.74, 6) is -2.85. The summed E-state index contributed by atoms with van der Waals surface area (Å²) in [7, 11) is -4.26. The molecular weight excluding hydrogens is 565 g/mol. The number of hydrogen-bond donors (Lipinski definition) is 0. The van der Waals surface area contributed by atoms with Gasteiger partial charge < -0.3 is 9.80 Å². The highest BCUT2D eigenvalue weighted by Gasteiger charge is 2.39. The first-order valence-electron chi connectivity index (χ1n) is 12.6. The van der Waals surface area contributed by atoms with Gasteiger partial charge in [-0.15, -0.1) is 5.10 Å². The Kier molecular flexibility index (Phi) is 6.98. The third kappa shape index (κ3) is 5.10. The minimum atomic E-state index is -4.26. The van der Waals surface area contributed by atoms with Crippen LogP contribution in [0.5, 0.6) is 0 Å². The van der Waals surface area contributed by atoms with Gasteiger partial charge in [-0.3, -0.25) is 0 Å². The van der Waals surface area contributed by atoms with E-state index in [9.17, 15) is 21.6 Å². The molecular formula is C27H28ClF3N6O2S. The van der Waals surface area contributed by atoms with Crippen molar-refractivity contribution < 1.29 is 21.6 Å². The fourth-order valence-corrected chi connectivity index (χ4v) is 6.44. The van der Waals surface area contributed by atoms with Crippen molar-refractivity contribution in [3.05, 3.63) is 71.3 Å². The molecule has 0 spiro atoms. The number of piperazine rings is 1. The normalized spacial score (nSPS) is 17.1. The van der Waals surface area contributed by atoms with Crippen LogP contribution in [0, 0.1) is 11.2 Å². The van der Waals surface area contributed by atoms with Crippen LogP contribution in [0.2, 0.25) is 5.02 Å². The van der Waals surface area contributed by atoms with Crippen molar-refractivity contribution in [3.63, 3.8) is 0 Å². The van der Waals surface area contributed by atoms with E-state index in [0.717, 1.165) is 47.7 Å². The van der Waals surface area contributed by atoms with Crippen molar-refractivity contribution in [2.75, 3.05) is 29.4 Å². The Morgan fingerprint density at radius 1 is 0.975 bits per heavy atom. The number of aromatic nitrogens is 4. The van der Waals surface area contributed by atoms with Gasteiger partial charge in [-0.2, -0.15) is 12.5 Å². The van der Waals surface area contributed by atoms with Gasteiger partial charge >= 0.3 is 0 Å². The molecule has 0 N–H and O–H groups in total. The fourth-order valence-electron chi connectivity index (χ4n) is 4.92. The van der Waals surface area contributed by atoms with Crippen molar-refractivity contribution in [3.8, 4) is 0 Å². The molecule has 1 aliphatic heterocycles. The second-order valence-corrected chi connectivity index (χ2v) is 13.1. The van der Waals surface area contributed by atoms with Crippen LogP contribution in [0.15, 0.2) is 59.8 Å². The first-order chi connectivity index (χ1) is 18.7. The molecule has 8 nitrogen and oxygen atoms in total. The zero-order chi connectivity index (χ0) is 29.0. The Labute approximate surface area is 235 Å². The van der Waals surface area contributed by atoms with Gasteiger partial charge in [-0.1, -0.05) is 50.6 Å². The van der Waals surface area contributed by atoms with Crippen molar-refractivity contribution in [1.29, 1.82) is 0 Å². The lowest BCUT2D eigenvalue weighted by molar-refractivity contribution is 0.0174. The highest BCUT2D eigenvalue weighted by atomic mass is 35.5.